The number of nitrogens with zero attached hydrogens (tertiary/aromatic N) is 1. The lowest BCUT2D eigenvalue weighted by Gasteiger charge is -2.12. The second kappa shape index (κ2) is 4.92. The minimum atomic E-state index is 0.519. The molecule has 0 aliphatic heterocycles. The predicted octanol–water partition coefficient (Wildman–Crippen LogP) is 3.12. The molecule has 0 radical (unpaired) electrons. The molecular weight excluding hydrogens is 208 g/mol. The summed E-state index contributed by atoms with van der Waals surface area (Å²) in [4.78, 5) is 0. The number of aryl methyl sites for hydroxylation is 2. The molecule has 1 aromatic heterocycles. The molecule has 2 heteroatoms. The third-order valence-electron chi connectivity index (χ3n) is 3.47. The maximum absolute atomic E-state index is 3.31. The number of fused-ring (bicyclic) bond motifs is 1. The van der Waals surface area contributed by atoms with E-state index in [9.17, 15) is 0 Å². The van der Waals surface area contributed by atoms with Crippen LogP contribution in [-0.2, 0) is 13.0 Å². The Labute approximate surface area is 104 Å². The number of rotatable bonds is 4. The first-order valence-electron chi connectivity index (χ1n) is 6.41. The van der Waals surface area contributed by atoms with E-state index in [-0.39, 0.29) is 0 Å². The van der Waals surface area contributed by atoms with Crippen molar-refractivity contribution in [3.8, 4) is 0 Å². The van der Waals surface area contributed by atoms with Crippen LogP contribution in [0.25, 0.3) is 10.9 Å². The minimum Gasteiger partial charge on any atom is -0.345 e. The van der Waals surface area contributed by atoms with Gasteiger partial charge < -0.3 is 9.88 Å². The van der Waals surface area contributed by atoms with Crippen molar-refractivity contribution < 1.29 is 0 Å². The van der Waals surface area contributed by atoms with Gasteiger partial charge in [-0.2, -0.15) is 0 Å². The number of likely N-dealkylation sites (N-methyl/N-ethyl adjacent to an activating group) is 1. The summed E-state index contributed by atoms with van der Waals surface area (Å²) in [6, 6.07) is 9.54. The van der Waals surface area contributed by atoms with Crippen LogP contribution in [-0.4, -0.2) is 17.7 Å². The summed E-state index contributed by atoms with van der Waals surface area (Å²) in [5.41, 5.74) is 4.12. The Bertz CT molecular complexity index is 511. The quantitative estimate of drug-likeness (QED) is 0.854. The van der Waals surface area contributed by atoms with E-state index in [1.807, 2.05) is 7.05 Å². The van der Waals surface area contributed by atoms with Gasteiger partial charge in [0.1, 0.15) is 0 Å². The molecule has 1 N–H and O–H groups in total. The SMILES string of the molecule is CCn1c(CC(C)NC)cc2ccc(C)cc21. The standard InChI is InChI=1S/C15H22N2/c1-5-17-14(9-12(3)16-4)10-13-7-6-11(2)8-15(13)17/h6-8,10,12,16H,5,9H2,1-4H3. The lowest BCUT2D eigenvalue weighted by molar-refractivity contribution is 0.581. The van der Waals surface area contributed by atoms with Gasteiger partial charge in [0.05, 0.1) is 0 Å². The van der Waals surface area contributed by atoms with Crippen molar-refractivity contribution in [3.63, 3.8) is 0 Å². The number of aromatic nitrogens is 1. The molecule has 0 amide bonds. The molecule has 2 nitrogen and oxygen atoms in total. The van der Waals surface area contributed by atoms with Gasteiger partial charge in [-0.1, -0.05) is 12.1 Å². The van der Waals surface area contributed by atoms with Crippen molar-refractivity contribution in [2.45, 2.75) is 39.8 Å². The first-order chi connectivity index (χ1) is 8.15. The summed E-state index contributed by atoms with van der Waals surface area (Å²) in [5.74, 6) is 0. The number of hydrogen-bond acceptors (Lipinski definition) is 1. The third-order valence-corrected chi connectivity index (χ3v) is 3.47. The van der Waals surface area contributed by atoms with Crippen LogP contribution in [0.15, 0.2) is 24.3 Å². The fraction of sp³-hybridized carbons (Fsp3) is 0.467. The molecule has 1 aromatic carbocycles. The van der Waals surface area contributed by atoms with E-state index >= 15 is 0 Å². The van der Waals surface area contributed by atoms with E-state index in [1.165, 1.54) is 22.2 Å². The van der Waals surface area contributed by atoms with Crippen molar-refractivity contribution >= 4 is 10.9 Å². The Morgan fingerprint density at radius 1 is 1.29 bits per heavy atom. The molecule has 1 unspecified atom stereocenters. The Kier molecular flexibility index (Phi) is 3.53. The van der Waals surface area contributed by atoms with E-state index in [1.54, 1.807) is 0 Å². The summed E-state index contributed by atoms with van der Waals surface area (Å²) < 4.78 is 2.43. The normalized spacial score (nSPS) is 13.2. The van der Waals surface area contributed by atoms with Gasteiger partial charge in [-0.15, -0.1) is 0 Å². The van der Waals surface area contributed by atoms with Crippen molar-refractivity contribution in [3.05, 3.63) is 35.5 Å². The Hall–Kier alpha value is -1.28. The monoisotopic (exact) mass is 230 g/mol. The minimum absolute atomic E-state index is 0.519. The molecular formula is C15H22N2. The van der Waals surface area contributed by atoms with E-state index in [4.69, 9.17) is 0 Å². The van der Waals surface area contributed by atoms with Crippen LogP contribution < -0.4 is 5.32 Å². The van der Waals surface area contributed by atoms with E-state index in [0.29, 0.717) is 6.04 Å². The highest BCUT2D eigenvalue weighted by Crippen LogP contribution is 2.22. The van der Waals surface area contributed by atoms with Crippen molar-refractivity contribution in [1.29, 1.82) is 0 Å². The number of benzene rings is 1. The zero-order chi connectivity index (χ0) is 12.4. The lowest BCUT2D eigenvalue weighted by atomic mass is 10.1. The fourth-order valence-electron chi connectivity index (χ4n) is 2.38. The summed E-state index contributed by atoms with van der Waals surface area (Å²) in [7, 11) is 2.02. The first kappa shape index (κ1) is 12.2. The van der Waals surface area contributed by atoms with Gasteiger partial charge in [0, 0.05) is 30.2 Å². The predicted molar refractivity (Wildman–Crippen MR) is 74.6 cm³/mol. The van der Waals surface area contributed by atoms with Crippen LogP contribution in [0, 0.1) is 6.92 Å². The van der Waals surface area contributed by atoms with Crippen LogP contribution in [0.5, 0.6) is 0 Å². The molecule has 1 atom stereocenters. The Balaban J connectivity index is 2.48. The Morgan fingerprint density at radius 2 is 2.06 bits per heavy atom. The van der Waals surface area contributed by atoms with Crippen LogP contribution in [0.2, 0.25) is 0 Å². The maximum Gasteiger partial charge on any atom is 0.0485 e. The highest BCUT2D eigenvalue weighted by molar-refractivity contribution is 5.82. The van der Waals surface area contributed by atoms with Gasteiger partial charge >= 0.3 is 0 Å². The lowest BCUT2D eigenvalue weighted by Crippen LogP contribution is -2.24. The molecule has 2 aromatic rings. The van der Waals surface area contributed by atoms with Gasteiger partial charge in [0.2, 0.25) is 0 Å². The molecule has 92 valence electrons. The fourth-order valence-corrected chi connectivity index (χ4v) is 2.38. The molecule has 0 saturated carbocycles. The highest BCUT2D eigenvalue weighted by atomic mass is 15.0. The Morgan fingerprint density at radius 3 is 2.71 bits per heavy atom. The number of hydrogen-bond donors (Lipinski definition) is 1. The average molecular weight is 230 g/mol. The van der Waals surface area contributed by atoms with Crippen LogP contribution >= 0.6 is 0 Å². The van der Waals surface area contributed by atoms with Crippen LogP contribution in [0.3, 0.4) is 0 Å². The van der Waals surface area contributed by atoms with E-state index in [2.05, 4.69) is 54.9 Å². The average Bonchev–Trinajstić information content (AvgIpc) is 2.65. The second-order valence-electron chi connectivity index (χ2n) is 4.84. The molecule has 0 aliphatic rings. The van der Waals surface area contributed by atoms with Gasteiger partial charge in [-0.3, -0.25) is 0 Å². The van der Waals surface area contributed by atoms with Crippen LogP contribution in [0.4, 0.5) is 0 Å². The second-order valence-corrected chi connectivity index (χ2v) is 4.84. The summed E-state index contributed by atoms with van der Waals surface area (Å²) in [5, 5.41) is 4.66. The summed E-state index contributed by atoms with van der Waals surface area (Å²) in [6.45, 7) is 7.64. The van der Waals surface area contributed by atoms with Crippen molar-refractivity contribution in [2.75, 3.05) is 7.05 Å². The zero-order valence-corrected chi connectivity index (χ0v) is 11.2. The molecule has 1 heterocycles. The molecule has 2 rings (SSSR count). The van der Waals surface area contributed by atoms with Gasteiger partial charge in [-0.25, -0.2) is 0 Å². The summed E-state index contributed by atoms with van der Waals surface area (Å²) in [6.07, 6.45) is 1.08. The molecule has 0 aliphatic carbocycles. The van der Waals surface area contributed by atoms with E-state index in [0.717, 1.165) is 13.0 Å². The van der Waals surface area contributed by atoms with Gasteiger partial charge in [0.25, 0.3) is 0 Å². The smallest absolute Gasteiger partial charge is 0.0485 e. The first-order valence-corrected chi connectivity index (χ1v) is 6.41. The number of nitrogens with one attached hydrogen (secondary N) is 1. The molecule has 0 spiro atoms. The molecule has 17 heavy (non-hydrogen) atoms. The van der Waals surface area contributed by atoms with Gasteiger partial charge in [-0.05, 0) is 50.9 Å². The van der Waals surface area contributed by atoms with Crippen molar-refractivity contribution in [2.24, 2.45) is 0 Å². The molecule has 0 saturated heterocycles. The third kappa shape index (κ3) is 2.37. The molecule has 0 fully saturated rings. The van der Waals surface area contributed by atoms with E-state index < -0.39 is 0 Å². The summed E-state index contributed by atoms with van der Waals surface area (Å²) >= 11 is 0. The van der Waals surface area contributed by atoms with Crippen molar-refractivity contribution in [1.82, 2.24) is 9.88 Å². The largest absolute Gasteiger partial charge is 0.345 e. The topological polar surface area (TPSA) is 17.0 Å². The molecule has 0 bridgehead atoms. The van der Waals surface area contributed by atoms with Gasteiger partial charge in [0.15, 0.2) is 0 Å². The zero-order valence-electron chi connectivity index (χ0n) is 11.2. The maximum atomic E-state index is 3.31. The van der Waals surface area contributed by atoms with Crippen LogP contribution in [0.1, 0.15) is 25.1 Å². The highest BCUT2D eigenvalue weighted by Gasteiger charge is 2.09.